The normalized spacial score (nSPS) is 23.6. The molecule has 1 aromatic rings. The van der Waals surface area contributed by atoms with E-state index in [1.54, 1.807) is 0 Å². The van der Waals surface area contributed by atoms with E-state index in [4.69, 9.17) is 0 Å². The summed E-state index contributed by atoms with van der Waals surface area (Å²) in [7, 11) is 2.02. The van der Waals surface area contributed by atoms with Crippen molar-refractivity contribution in [2.45, 2.75) is 19.9 Å². The minimum atomic E-state index is 0.000670. The Hall–Kier alpha value is -1.87. The monoisotopic (exact) mass is 296 g/mol. The van der Waals surface area contributed by atoms with E-state index in [2.05, 4.69) is 41.4 Å². The molecule has 2 aliphatic rings. The maximum absolute atomic E-state index is 12.8. The van der Waals surface area contributed by atoms with Crippen LogP contribution in [0.5, 0.6) is 0 Å². The zero-order valence-corrected chi connectivity index (χ0v) is 13.4. The van der Waals surface area contributed by atoms with E-state index in [-0.39, 0.29) is 11.8 Å². The number of rotatable bonds is 5. The third kappa shape index (κ3) is 3.14. The molecule has 0 spiro atoms. The predicted molar refractivity (Wildman–Crippen MR) is 89.2 cm³/mol. The first-order chi connectivity index (χ1) is 10.6. The number of allylic oxidation sites excluding steroid dienone is 3. The van der Waals surface area contributed by atoms with Crippen molar-refractivity contribution in [2.75, 3.05) is 20.1 Å². The lowest BCUT2D eigenvalue weighted by molar-refractivity contribution is -0.123. The number of hydrogen-bond donors (Lipinski definition) is 1. The van der Waals surface area contributed by atoms with E-state index in [0.29, 0.717) is 12.3 Å². The Morgan fingerprint density at radius 2 is 2.09 bits per heavy atom. The van der Waals surface area contributed by atoms with Gasteiger partial charge in [-0.1, -0.05) is 49.4 Å². The Morgan fingerprint density at radius 1 is 1.32 bits per heavy atom. The first-order valence-corrected chi connectivity index (χ1v) is 8.05. The zero-order valence-electron chi connectivity index (χ0n) is 13.4. The number of Topliss-reactive ketones (excluding diaryl/α,β-unsaturated/α-hetero) is 1. The molecule has 1 heterocycles. The molecule has 116 valence electrons. The van der Waals surface area contributed by atoms with Gasteiger partial charge in [-0.05, 0) is 30.5 Å². The SMILES string of the molecule is CC1C=CC2=C(NCC2)C1C(=O)CN(C)Cc1ccccc1. The Morgan fingerprint density at radius 3 is 2.86 bits per heavy atom. The summed E-state index contributed by atoms with van der Waals surface area (Å²) in [6.45, 7) is 4.41. The maximum atomic E-state index is 12.8. The van der Waals surface area contributed by atoms with Gasteiger partial charge in [0.1, 0.15) is 0 Å². The van der Waals surface area contributed by atoms with Gasteiger partial charge in [0.25, 0.3) is 0 Å². The van der Waals surface area contributed by atoms with Gasteiger partial charge in [0.2, 0.25) is 0 Å². The molecule has 3 heteroatoms. The molecular weight excluding hydrogens is 272 g/mol. The summed E-state index contributed by atoms with van der Waals surface area (Å²) in [6.07, 6.45) is 5.42. The summed E-state index contributed by atoms with van der Waals surface area (Å²) in [4.78, 5) is 14.9. The highest BCUT2D eigenvalue weighted by atomic mass is 16.1. The second-order valence-corrected chi connectivity index (χ2v) is 6.44. The number of carbonyl (C=O) groups excluding carboxylic acids is 1. The molecule has 0 fully saturated rings. The summed E-state index contributed by atoms with van der Waals surface area (Å²) >= 11 is 0. The second-order valence-electron chi connectivity index (χ2n) is 6.44. The Labute approximate surface area is 132 Å². The molecule has 1 aromatic carbocycles. The van der Waals surface area contributed by atoms with E-state index < -0.39 is 0 Å². The summed E-state index contributed by atoms with van der Waals surface area (Å²) < 4.78 is 0. The van der Waals surface area contributed by atoms with Crippen molar-refractivity contribution in [3.8, 4) is 0 Å². The molecule has 0 saturated heterocycles. The van der Waals surface area contributed by atoms with Crippen molar-refractivity contribution in [1.29, 1.82) is 0 Å². The van der Waals surface area contributed by atoms with E-state index >= 15 is 0 Å². The van der Waals surface area contributed by atoms with Crippen LogP contribution in [0.15, 0.2) is 53.8 Å². The molecule has 0 radical (unpaired) electrons. The van der Waals surface area contributed by atoms with Gasteiger partial charge >= 0.3 is 0 Å². The lowest BCUT2D eigenvalue weighted by Gasteiger charge is -2.28. The fourth-order valence-corrected chi connectivity index (χ4v) is 3.47. The van der Waals surface area contributed by atoms with Crippen molar-refractivity contribution in [1.82, 2.24) is 10.2 Å². The highest BCUT2D eigenvalue weighted by Crippen LogP contribution is 2.33. The quantitative estimate of drug-likeness (QED) is 0.907. The minimum Gasteiger partial charge on any atom is -0.387 e. The minimum absolute atomic E-state index is 0.000670. The number of nitrogens with one attached hydrogen (secondary N) is 1. The van der Waals surface area contributed by atoms with Gasteiger partial charge in [-0.15, -0.1) is 0 Å². The molecule has 3 rings (SSSR count). The molecule has 1 N–H and O–H groups in total. The average molecular weight is 296 g/mol. The first kappa shape index (κ1) is 15.0. The van der Waals surface area contributed by atoms with Crippen LogP contribution in [0.4, 0.5) is 0 Å². The van der Waals surface area contributed by atoms with Gasteiger partial charge < -0.3 is 5.32 Å². The Kier molecular flexibility index (Phi) is 4.44. The molecule has 0 bridgehead atoms. The third-order valence-corrected chi connectivity index (χ3v) is 4.56. The van der Waals surface area contributed by atoms with Crippen LogP contribution in [0.3, 0.4) is 0 Å². The van der Waals surface area contributed by atoms with Gasteiger partial charge in [0.05, 0.1) is 12.5 Å². The molecule has 1 aliphatic carbocycles. The maximum Gasteiger partial charge on any atom is 0.156 e. The van der Waals surface area contributed by atoms with Crippen LogP contribution in [-0.4, -0.2) is 30.8 Å². The molecule has 22 heavy (non-hydrogen) atoms. The van der Waals surface area contributed by atoms with Crippen LogP contribution in [0, 0.1) is 11.8 Å². The molecule has 0 aromatic heterocycles. The van der Waals surface area contributed by atoms with Gasteiger partial charge in [0.15, 0.2) is 5.78 Å². The van der Waals surface area contributed by atoms with Crippen LogP contribution >= 0.6 is 0 Å². The predicted octanol–water partition coefficient (Wildman–Crippen LogP) is 2.76. The number of carbonyl (C=O) groups is 1. The van der Waals surface area contributed by atoms with E-state index in [1.165, 1.54) is 16.8 Å². The van der Waals surface area contributed by atoms with Crippen molar-refractivity contribution >= 4 is 5.78 Å². The smallest absolute Gasteiger partial charge is 0.156 e. The Balaban J connectivity index is 1.65. The van der Waals surface area contributed by atoms with Gasteiger partial charge in [-0.3, -0.25) is 9.69 Å². The van der Waals surface area contributed by atoms with Crippen molar-refractivity contribution in [3.05, 3.63) is 59.3 Å². The number of hydrogen-bond acceptors (Lipinski definition) is 3. The lowest BCUT2D eigenvalue weighted by atomic mass is 9.81. The van der Waals surface area contributed by atoms with Gasteiger partial charge in [0, 0.05) is 18.8 Å². The summed E-state index contributed by atoms with van der Waals surface area (Å²) in [5.41, 5.74) is 3.74. The summed E-state index contributed by atoms with van der Waals surface area (Å²) in [5.74, 6) is 0.597. The van der Waals surface area contributed by atoms with Crippen LogP contribution in [0.2, 0.25) is 0 Å². The van der Waals surface area contributed by atoms with Crippen LogP contribution in [-0.2, 0) is 11.3 Å². The molecule has 3 nitrogen and oxygen atoms in total. The summed E-state index contributed by atoms with van der Waals surface area (Å²) in [6, 6.07) is 10.3. The average Bonchev–Trinajstić information content (AvgIpc) is 2.96. The van der Waals surface area contributed by atoms with Crippen LogP contribution in [0.25, 0.3) is 0 Å². The standard InChI is InChI=1S/C19H24N2O/c1-14-8-9-16-10-11-20-19(16)18(14)17(22)13-21(2)12-15-6-4-3-5-7-15/h3-9,14,18,20H,10-13H2,1-2H3. The van der Waals surface area contributed by atoms with E-state index in [1.807, 2.05) is 25.2 Å². The van der Waals surface area contributed by atoms with E-state index in [9.17, 15) is 4.79 Å². The van der Waals surface area contributed by atoms with Gasteiger partial charge in [-0.2, -0.15) is 0 Å². The second kappa shape index (κ2) is 6.49. The lowest BCUT2D eigenvalue weighted by Crippen LogP contribution is -2.36. The highest BCUT2D eigenvalue weighted by Gasteiger charge is 2.33. The van der Waals surface area contributed by atoms with Gasteiger partial charge in [-0.25, -0.2) is 0 Å². The molecular formula is C19H24N2O. The molecule has 1 aliphatic heterocycles. The topological polar surface area (TPSA) is 32.3 Å². The molecule has 2 unspecified atom stereocenters. The summed E-state index contributed by atoms with van der Waals surface area (Å²) in [5, 5.41) is 3.43. The van der Waals surface area contributed by atoms with Crippen LogP contribution in [0.1, 0.15) is 18.9 Å². The zero-order chi connectivity index (χ0) is 15.5. The fourth-order valence-electron chi connectivity index (χ4n) is 3.47. The van der Waals surface area contributed by atoms with Crippen molar-refractivity contribution in [3.63, 3.8) is 0 Å². The fraction of sp³-hybridized carbons (Fsp3) is 0.421. The number of ketones is 1. The van der Waals surface area contributed by atoms with Crippen LogP contribution < -0.4 is 5.32 Å². The van der Waals surface area contributed by atoms with Crippen molar-refractivity contribution < 1.29 is 4.79 Å². The Bertz CT molecular complexity index is 603. The van der Waals surface area contributed by atoms with Crippen molar-refractivity contribution in [2.24, 2.45) is 11.8 Å². The third-order valence-electron chi connectivity index (χ3n) is 4.56. The molecule has 0 amide bonds. The highest BCUT2D eigenvalue weighted by molar-refractivity contribution is 5.86. The molecule has 0 saturated carbocycles. The largest absolute Gasteiger partial charge is 0.387 e. The number of likely N-dealkylation sites (N-methyl/N-ethyl adjacent to an activating group) is 1. The first-order valence-electron chi connectivity index (χ1n) is 8.05. The molecule has 2 atom stereocenters. The number of nitrogens with zero attached hydrogens (tertiary/aromatic N) is 1. The number of benzene rings is 1. The van der Waals surface area contributed by atoms with E-state index in [0.717, 1.165) is 19.5 Å².